The maximum absolute atomic E-state index is 12.7. The molecule has 0 unspecified atom stereocenters. The van der Waals surface area contributed by atoms with E-state index < -0.39 is 10.0 Å². The van der Waals surface area contributed by atoms with Gasteiger partial charge in [-0.15, -0.1) is 11.3 Å². The zero-order valence-corrected chi connectivity index (χ0v) is 18.2. The van der Waals surface area contributed by atoms with Gasteiger partial charge in [-0.25, -0.2) is 8.42 Å². The Labute approximate surface area is 167 Å². The van der Waals surface area contributed by atoms with Gasteiger partial charge in [0.05, 0.1) is 19.8 Å². The Morgan fingerprint density at radius 1 is 1.26 bits per heavy atom. The van der Waals surface area contributed by atoms with E-state index in [1.165, 1.54) is 28.5 Å². The SMILES string of the molecule is CN=C(NCCCCC(C)C)NCc1ccc(S(=O)(=O)N2CCOCC2)s1. The Balaban J connectivity index is 1.80. The van der Waals surface area contributed by atoms with Crippen molar-refractivity contribution in [2.75, 3.05) is 39.9 Å². The minimum atomic E-state index is -3.41. The average Bonchev–Trinajstić information content (AvgIpc) is 3.14. The van der Waals surface area contributed by atoms with Crippen LogP contribution in [0.5, 0.6) is 0 Å². The fourth-order valence-corrected chi connectivity index (χ4v) is 5.64. The van der Waals surface area contributed by atoms with Crippen LogP contribution in [0.2, 0.25) is 0 Å². The monoisotopic (exact) mass is 416 g/mol. The lowest BCUT2D eigenvalue weighted by molar-refractivity contribution is 0.0731. The molecule has 0 aliphatic carbocycles. The largest absolute Gasteiger partial charge is 0.379 e. The number of ether oxygens (including phenoxy) is 1. The number of aliphatic imine (C=N–C) groups is 1. The molecule has 0 amide bonds. The summed E-state index contributed by atoms with van der Waals surface area (Å²) in [5, 5.41) is 6.56. The second-order valence-electron chi connectivity index (χ2n) is 6.98. The van der Waals surface area contributed by atoms with Gasteiger partial charge < -0.3 is 15.4 Å². The first kappa shape index (κ1) is 22.1. The topological polar surface area (TPSA) is 83.0 Å². The van der Waals surface area contributed by atoms with E-state index in [-0.39, 0.29) is 0 Å². The van der Waals surface area contributed by atoms with Gasteiger partial charge in [-0.2, -0.15) is 4.31 Å². The standard InChI is InChI=1S/C18H32N4O3S2/c1-15(2)6-4-5-9-20-18(19-3)21-14-16-7-8-17(26-16)27(23,24)22-10-12-25-13-11-22/h7-8,15H,4-6,9-14H2,1-3H3,(H2,19,20,21). The third-order valence-corrected chi connectivity index (χ3v) is 7.81. The van der Waals surface area contributed by atoms with Gasteiger partial charge in [0.15, 0.2) is 5.96 Å². The molecular formula is C18H32N4O3S2. The number of sulfonamides is 1. The third kappa shape index (κ3) is 7.06. The van der Waals surface area contributed by atoms with Gasteiger partial charge >= 0.3 is 0 Å². The first-order chi connectivity index (χ1) is 12.9. The number of hydrogen-bond donors (Lipinski definition) is 2. The molecule has 0 spiro atoms. The first-order valence-electron chi connectivity index (χ1n) is 9.54. The molecule has 0 saturated carbocycles. The Kier molecular flexibility index (Phi) is 9.01. The Bertz CT molecular complexity index is 695. The van der Waals surface area contributed by atoms with Crippen molar-refractivity contribution in [1.29, 1.82) is 0 Å². The predicted molar refractivity (Wildman–Crippen MR) is 111 cm³/mol. The average molecular weight is 417 g/mol. The van der Waals surface area contributed by atoms with Crippen molar-refractivity contribution < 1.29 is 13.2 Å². The molecule has 0 atom stereocenters. The van der Waals surface area contributed by atoms with E-state index in [9.17, 15) is 8.42 Å². The molecule has 0 radical (unpaired) electrons. The van der Waals surface area contributed by atoms with Crippen molar-refractivity contribution in [1.82, 2.24) is 14.9 Å². The zero-order chi connectivity index (χ0) is 19.7. The van der Waals surface area contributed by atoms with Crippen LogP contribution in [0, 0.1) is 5.92 Å². The molecule has 1 aliphatic heterocycles. The molecule has 7 nitrogen and oxygen atoms in total. The minimum absolute atomic E-state index is 0.387. The van der Waals surface area contributed by atoms with Crippen molar-refractivity contribution in [2.45, 2.75) is 43.9 Å². The summed E-state index contributed by atoms with van der Waals surface area (Å²) in [7, 11) is -1.67. The lowest BCUT2D eigenvalue weighted by Gasteiger charge is -2.25. The van der Waals surface area contributed by atoms with Crippen LogP contribution in [-0.2, 0) is 21.3 Å². The second kappa shape index (κ2) is 11.0. The van der Waals surface area contributed by atoms with E-state index in [2.05, 4.69) is 29.5 Å². The Hall–Kier alpha value is -1.16. The van der Waals surface area contributed by atoms with E-state index in [0.717, 1.165) is 29.7 Å². The molecule has 27 heavy (non-hydrogen) atoms. The summed E-state index contributed by atoms with van der Waals surface area (Å²) in [6, 6.07) is 3.55. The number of nitrogens with zero attached hydrogens (tertiary/aromatic N) is 2. The predicted octanol–water partition coefficient (Wildman–Crippen LogP) is 2.26. The number of morpholine rings is 1. The van der Waals surface area contributed by atoms with Crippen LogP contribution < -0.4 is 10.6 Å². The van der Waals surface area contributed by atoms with E-state index >= 15 is 0 Å². The number of guanidine groups is 1. The van der Waals surface area contributed by atoms with Gasteiger partial charge in [0.1, 0.15) is 4.21 Å². The lowest BCUT2D eigenvalue weighted by Crippen LogP contribution is -2.40. The second-order valence-corrected chi connectivity index (χ2v) is 10.3. The molecular weight excluding hydrogens is 384 g/mol. The molecule has 1 saturated heterocycles. The summed E-state index contributed by atoms with van der Waals surface area (Å²) in [5.41, 5.74) is 0. The molecule has 2 rings (SSSR count). The number of rotatable bonds is 9. The number of unbranched alkanes of at least 4 members (excludes halogenated alkanes) is 1. The molecule has 1 aromatic rings. The maximum Gasteiger partial charge on any atom is 0.252 e. The highest BCUT2D eigenvalue weighted by Crippen LogP contribution is 2.25. The van der Waals surface area contributed by atoms with Crippen LogP contribution >= 0.6 is 11.3 Å². The van der Waals surface area contributed by atoms with Crippen molar-refractivity contribution in [2.24, 2.45) is 10.9 Å². The Morgan fingerprint density at radius 2 is 2.00 bits per heavy atom. The van der Waals surface area contributed by atoms with Crippen LogP contribution in [0.4, 0.5) is 0 Å². The molecule has 2 heterocycles. The quantitative estimate of drug-likeness (QED) is 0.367. The lowest BCUT2D eigenvalue weighted by atomic mass is 10.1. The highest BCUT2D eigenvalue weighted by atomic mass is 32.2. The smallest absolute Gasteiger partial charge is 0.252 e. The van der Waals surface area contributed by atoms with Crippen LogP contribution in [-0.4, -0.2) is 58.6 Å². The van der Waals surface area contributed by atoms with Crippen molar-refractivity contribution in [3.05, 3.63) is 17.0 Å². The fraction of sp³-hybridized carbons (Fsp3) is 0.722. The molecule has 0 aromatic carbocycles. The molecule has 1 aliphatic rings. The number of hydrogen-bond acceptors (Lipinski definition) is 5. The summed E-state index contributed by atoms with van der Waals surface area (Å²) < 4.78 is 32.5. The highest BCUT2D eigenvalue weighted by Gasteiger charge is 2.27. The molecule has 1 fully saturated rings. The van der Waals surface area contributed by atoms with Crippen LogP contribution in [0.15, 0.2) is 21.3 Å². The zero-order valence-electron chi connectivity index (χ0n) is 16.5. The summed E-state index contributed by atoms with van der Waals surface area (Å²) in [6.45, 7) is 7.66. The summed E-state index contributed by atoms with van der Waals surface area (Å²) in [4.78, 5) is 5.19. The third-order valence-electron chi connectivity index (χ3n) is 4.36. The van der Waals surface area contributed by atoms with Crippen molar-refractivity contribution >= 4 is 27.3 Å². The van der Waals surface area contributed by atoms with E-state index in [1.807, 2.05) is 6.07 Å². The van der Waals surface area contributed by atoms with Gasteiger partial charge in [-0.3, -0.25) is 4.99 Å². The number of thiophene rings is 1. The van der Waals surface area contributed by atoms with E-state index in [0.29, 0.717) is 37.1 Å². The molecule has 2 N–H and O–H groups in total. The maximum atomic E-state index is 12.7. The Morgan fingerprint density at radius 3 is 2.67 bits per heavy atom. The van der Waals surface area contributed by atoms with Crippen molar-refractivity contribution in [3.8, 4) is 0 Å². The van der Waals surface area contributed by atoms with Crippen LogP contribution in [0.25, 0.3) is 0 Å². The molecule has 9 heteroatoms. The van der Waals surface area contributed by atoms with Gasteiger partial charge in [-0.1, -0.05) is 26.7 Å². The number of nitrogens with one attached hydrogen (secondary N) is 2. The van der Waals surface area contributed by atoms with Crippen molar-refractivity contribution in [3.63, 3.8) is 0 Å². The van der Waals surface area contributed by atoms with Crippen LogP contribution in [0.3, 0.4) is 0 Å². The van der Waals surface area contributed by atoms with Crippen LogP contribution in [0.1, 0.15) is 38.0 Å². The fourth-order valence-electron chi connectivity index (χ4n) is 2.78. The minimum Gasteiger partial charge on any atom is -0.379 e. The molecule has 154 valence electrons. The first-order valence-corrected chi connectivity index (χ1v) is 11.8. The summed E-state index contributed by atoms with van der Waals surface area (Å²) in [5.74, 6) is 1.48. The van der Waals surface area contributed by atoms with Gasteiger partial charge in [0, 0.05) is 31.6 Å². The normalized spacial score (nSPS) is 16.7. The van der Waals surface area contributed by atoms with E-state index in [1.54, 1.807) is 13.1 Å². The summed E-state index contributed by atoms with van der Waals surface area (Å²) >= 11 is 1.31. The van der Waals surface area contributed by atoms with E-state index in [4.69, 9.17) is 4.74 Å². The van der Waals surface area contributed by atoms with Gasteiger partial charge in [0.25, 0.3) is 10.0 Å². The van der Waals surface area contributed by atoms with Gasteiger partial charge in [0.2, 0.25) is 0 Å². The highest BCUT2D eigenvalue weighted by molar-refractivity contribution is 7.91. The molecule has 1 aromatic heterocycles. The van der Waals surface area contributed by atoms with Gasteiger partial charge in [-0.05, 0) is 24.5 Å². The molecule has 0 bridgehead atoms. The summed E-state index contributed by atoms with van der Waals surface area (Å²) in [6.07, 6.45) is 3.55.